The molecule has 0 amide bonds. The maximum atomic E-state index is 12.2. The first-order chi connectivity index (χ1) is 10.9. The van der Waals surface area contributed by atoms with Crippen LogP contribution in [-0.2, 0) is 0 Å². The third-order valence-electron chi connectivity index (χ3n) is 3.38. The maximum absolute atomic E-state index is 12.2. The number of hydrogen-bond acceptors (Lipinski definition) is 8. The van der Waals surface area contributed by atoms with Crippen LogP contribution in [0.15, 0.2) is 38.2 Å². The lowest BCUT2D eigenvalue weighted by Crippen LogP contribution is -2.26. The Labute approximate surface area is 133 Å². The molecule has 8 nitrogen and oxygen atoms in total. The fraction of sp³-hybridized carbons (Fsp3) is 0.143. The Morgan fingerprint density at radius 2 is 2.22 bits per heavy atom. The van der Waals surface area contributed by atoms with E-state index >= 15 is 0 Å². The molecule has 0 bridgehead atoms. The van der Waals surface area contributed by atoms with Crippen molar-refractivity contribution in [3.63, 3.8) is 0 Å². The van der Waals surface area contributed by atoms with Gasteiger partial charge in [-0.1, -0.05) is 11.3 Å². The second-order valence-corrected chi connectivity index (χ2v) is 5.71. The summed E-state index contributed by atoms with van der Waals surface area (Å²) in [6.07, 6.45) is 0. The molecule has 0 spiro atoms. The van der Waals surface area contributed by atoms with Gasteiger partial charge in [-0.3, -0.25) is 10.1 Å². The van der Waals surface area contributed by atoms with Crippen LogP contribution in [0, 0.1) is 28.4 Å². The molecule has 2 aromatic rings. The maximum Gasteiger partial charge on any atom is 0.343 e. The average Bonchev–Trinajstić information content (AvgIpc) is 2.95. The third kappa shape index (κ3) is 2.35. The molecule has 0 saturated heterocycles. The van der Waals surface area contributed by atoms with E-state index in [0.29, 0.717) is 11.3 Å². The summed E-state index contributed by atoms with van der Waals surface area (Å²) < 4.78 is 10.4. The van der Waals surface area contributed by atoms with Crippen molar-refractivity contribution >= 4 is 16.3 Å². The zero-order chi connectivity index (χ0) is 16.7. The molecule has 0 fully saturated rings. The van der Waals surface area contributed by atoms with Gasteiger partial charge in [-0.15, -0.1) is 0 Å². The normalized spacial score (nSPS) is 16.4. The van der Waals surface area contributed by atoms with Gasteiger partial charge in [0, 0.05) is 17.5 Å². The number of nitro groups is 1. The zero-order valence-corrected chi connectivity index (χ0v) is 12.5. The Morgan fingerprint density at radius 3 is 2.83 bits per heavy atom. The second kappa shape index (κ2) is 5.26. The van der Waals surface area contributed by atoms with Gasteiger partial charge in [0.25, 0.3) is 0 Å². The predicted molar refractivity (Wildman–Crippen MR) is 80.0 cm³/mol. The van der Waals surface area contributed by atoms with Gasteiger partial charge in [0.1, 0.15) is 23.2 Å². The summed E-state index contributed by atoms with van der Waals surface area (Å²) in [5, 5.41) is 21.6. The van der Waals surface area contributed by atoms with Crippen molar-refractivity contribution in [3.05, 3.63) is 66.4 Å². The number of ether oxygens (including phenoxy) is 1. The molecule has 1 aliphatic rings. The lowest BCUT2D eigenvalue weighted by Gasteiger charge is -2.24. The van der Waals surface area contributed by atoms with Crippen LogP contribution in [0.25, 0.3) is 0 Å². The highest BCUT2D eigenvalue weighted by Gasteiger charge is 2.35. The second-order valence-electron chi connectivity index (χ2n) is 4.82. The van der Waals surface area contributed by atoms with Crippen molar-refractivity contribution in [2.45, 2.75) is 12.8 Å². The van der Waals surface area contributed by atoms with Crippen molar-refractivity contribution < 1.29 is 14.1 Å². The number of thiophene rings is 1. The molecular weight excluding hydrogens is 322 g/mol. The minimum absolute atomic E-state index is 0.0151. The van der Waals surface area contributed by atoms with Crippen LogP contribution in [0.4, 0.5) is 5.00 Å². The van der Waals surface area contributed by atoms with Crippen molar-refractivity contribution in [2.24, 2.45) is 5.73 Å². The lowest BCUT2D eigenvalue weighted by atomic mass is 9.86. The van der Waals surface area contributed by atoms with E-state index in [1.54, 1.807) is 6.92 Å². The lowest BCUT2D eigenvalue weighted by molar-refractivity contribution is -0.380. The molecule has 2 N–H and O–H groups in total. The summed E-state index contributed by atoms with van der Waals surface area (Å²) in [5.74, 6) is -0.472. The quantitative estimate of drug-likeness (QED) is 0.658. The number of rotatable bonds is 2. The molecule has 116 valence electrons. The Morgan fingerprint density at radius 1 is 1.48 bits per heavy atom. The molecule has 0 radical (unpaired) electrons. The highest BCUT2D eigenvalue weighted by Crippen LogP contribution is 2.42. The number of nitrogens with zero attached hydrogens (tertiary/aromatic N) is 2. The van der Waals surface area contributed by atoms with Gasteiger partial charge in [0.05, 0.1) is 16.4 Å². The molecule has 2 aromatic heterocycles. The van der Waals surface area contributed by atoms with Crippen LogP contribution in [-0.4, -0.2) is 4.92 Å². The predicted octanol–water partition coefficient (Wildman–Crippen LogP) is 2.14. The first kappa shape index (κ1) is 14.8. The van der Waals surface area contributed by atoms with Gasteiger partial charge >= 0.3 is 10.6 Å². The van der Waals surface area contributed by atoms with Gasteiger partial charge in [0.2, 0.25) is 5.88 Å². The molecule has 0 aromatic carbocycles. The van der Waals surface area contributed by atoms with Crippen LogP contribution in [0.3, 0.4) is 0 Å². The molecule has 0 saturated carbocycles. The smallest absolute Gasteiger partial charge is 0.343 e. The Hall–Kier alpha value is -3.12. The van der Waals surface area contributed by atoms with E-state index in [4.69, 9.17) is 14.9 Å². The first-order valence-electron chi connectivity index (χ1n) is 6.37. The van der Waals surface area contributed by atoms with Crippen molar-refractivity contribution in [3.8, 4) is 11.8 Å². The SMILES string of the molecule is Cc1cc2c(c(=O)o1)[C@@H](c1csc([N+](=O)[O-])c1)C(C#N)=C(N)O2. The van der Waals surface area contributed by atoms with E-state index < -0.39 is 16.5 Å². The molecule has 0 unspecified atom stereocenters. The molecular formula is C14H9N3O5S. The Kier molecular flexibility index (Phi) is 3.38. The fourth-order valence-electron chi connectivity index (χ4n) is 2.44. The van der Waals surface area contributed by atoms with Crippen molar-refractivity contribution in [1.29, 1.82) is 5.26 Å². The van der Waals surface area contributed by atoms with Crippen LogP contribution in [0.5, 0.6) is 5.75 Å². The standard InChI is InChI=1S/C14H9N3O5S/c1-6-2-9-12(14(18)21-6)11(8(4-15)13(16)22-9)7-3-10(17(19)20)23-5-7/h2-3,5,11H,16H2,1H3/t11-/m0/s1. The molecule has 3 heterocycles. The van der Waals surface area contributed by atoms with Crippen LogP contribution < -0.4 is 16.1 Å². The van der Waals surface area contributed by atoms with Crippen molar-refractivity contribution in [2.75, 3.05) is 0 Å². The molecule has 1 aliphatic heterocycles. The fourth-order valence-corrected chi connectivity index (χ4v) is 3.19. The van der Waals surface area contributed by atoms with Gasteiger partial charge in [0.15, 0.2) is 0 Å². The Bertz CT molecular complexity index is 950. The third-order valence-corrected chi connectivity index (χ3v) is 4.27. The summed E-state index contributed by atoms with van der Waals surface area (Å²) in [7, 11) is 0. The monoisotopic (exact) mass is 331 g/mol. The van der Waals surface area contributed by atoms with Crippen LogP contribution in [0.2, 0.25) is 0 Å². The number of fused-ring (bicyclic) bond motifs is 1. The molecule has 23 heavy (non-hydrogen) atoms. The van der Waals surface area contributed by atoms with E-state index in [1.807, 2.05) is 6.07 Å². The highest BCUT2D eigenvalue weighted by atomic mass is 32.1. The number of aryl methyl sites for hydroxylation is 1. The van der Waals surface area contributed by atoms with Crippen LogP contribution >= 0.6 is 11.3 Å². The van der Waals surface area contributed by atoms with E-state index in [0.717, 1.165) is 11.3 Å². The molecule has 3 rings (SSSR count). The summed E-state index contributed by atoms with van der Waals surface area (Å²) in [6, 6.07) is 4.71. The molecule has 1 atom stereocenters. The summed E-state index contributed by atoms with van der Waals surface area (Å²) in [4.78, 5) is 22.6. The van der Waals surface area contributed by atoms with Gasteiger partial charge in [-0.05, 0) is 12.5 Å². The number of nitriles is 1. The Balaban J connectivity index is 2.27. The number of hydrogen-bond donors (Lipinski definition) is 1. The summed E-state index contributed by atoms with van der Waals surface area (Å²) >= 11 is 0.903. The minimum atomic E-state index is -0.856. The van der Waals surface area contributed by atoms with E-state index in [-0.39, 0.29) is 27.8 Å². The van der Waals surface area contributed by atoms with Crippen molar-refractivity contribution in [1.82, 2.24) is 0 Å². The van der Waals surface area contributed by atoms with Gasteiger partial charge < -0.3 is 14.9 Å². The van der Waals surface area contributed by atoms with E-state index in [1.165, 1.54) is 17.5 Å². The zero-order valence-electron chi connectivity index (χ0n) is 11.7. The number of allylic oxidation sites excluding steroid dienone is 1. The van der Waals surface area contributed by atoms with E-state index in [2.05, 4.69) is 0 Å². The first-order valence-corrected chi connectivity index (χ1v) is 7.25. The molecule has 0 aliphatic carbocycles. The van der Waals surface area contributed by atoms with Gasteiger partial charge in [-0.2, -0.15) is 5.26 Å². The van der Waals surface area contributed by atoms with Gasteiger partial charge in [-0.25, -0.2) is 4.79 Å². The van der Waals surface area contributed by atoms with E-state index in [9.17, 15) is 20.2 Å². The van der Waals surface area contributed by atoms with Crippen LogP contribution in [0.1, 0.15) is 22.8 Å². The number of nitrogens with two attached hydrogens (primary N) is 1. The topological polar surface area (TPSA) is 132 Å². The summed E-state index contributed by atoms with van der Waals surface area (Å²) in [5.41, 5.74) is 5.64. The highest BCUT2D eigenvalue weighted by molar-refractivity contribution is 7.13. The largest absolute Gasteiger partial charge is 0.440 e. The molecule has 9 heteroatoms. The minimum Gasteiger partial charge on any atom is -0.440 e. The summed E-state index contributed by atoms with van der Waals surface area (Å²) in [6.45, 7) is 1.58. The average molecular weight is 331 g/mol.